The van der Waals surface area contributed by atoms with Crippen LogP contribution in [-0.4, -0.2) is 41.4 Å². The Balaban J connectivity index is 1.72. The molecule has 124 valence electrons. The average molecular weight is 340 g/mol. The molecule has 2 aromatic carbocycles. The lowest BCUT2D eigenvalue weighted by molar-refractivity contribution is -0.131. The van der Waals surface area contributed by atoms with Gasteiger partial charge in [0.1, 0.15) is 6.54 Å². The topological polar surface area (TPSA) is 40.6 Å². The van der Waals surface area contributed by atoms with E-state index in [0.717, 1.165) is 12.1 Å². The van der Waals surface area contributed by atoms with Gasteiger partial charge in [0.25, 0.3) is 0 Å². The molecule has 4 nitrogen and oxygen atoms in total. The lowest BCUT2D eigenvalue weighted by atomic mass is 10.1. The van der Waals surface area contributed by atoms with Crippen molar-refractivity contribution in [2.24, 2.45) is 0 Å². The molecule has 0 aliphatic carbocycles. The molecule has 1 aliphatic rings. The summed E-state index contributed by atoms with van der Waals surface area (Å²) in [5, 5.41) is 0. The zero-order chi connectivity index (χ0) is 16.8. The Labute approximate surface area is 146 Å². The number of para-hydroxylation sites is 1. The molecule has 3 rings (SSSR count). The second-order valence-corrected chi connectivity index (χ2v) is 6.64. The van der Waals surface area contributed by atoms with Gasteiger partial charge in [0, 0.05) is 12.2 Å². The van der Waals surface area contributed by atoms with E-state index in [1.54, 1.807) is 21.6 Å². The van der Waals surface area contributed by atoms with Gasteiger partial charge < -0.3 is 9.80 Å². The van der Waals surface area contributed by atoms with Gasteiger partial charge in [0.15, 0.2) is 0 Å². The minimum absolute atomic E-state index is 0.0343. The molecule has 0 N–H and O–H groups in total. The molecule has 1 saturated heterocycles. The molecule has 1 aliphatic heterocycles. The molecule has 24 heavy (non-hydrogen) atoms. The Morgan fingerprint density at radius 3 is 2.33 bits per heavy atom. The Hall–Kier alpha value is -2.27. The van der Waals surface area contributed by atoms with Crippen molar-refractivity contribution >= 4 is 29.3 Å². The van der Waals surface area contributed by atoms with Crippen LogP contribution in [-0.2, 0) is 16.0 Å². The number of nitrogens with zero attached hydrogens (tertiary/aromatic N) is 2. The molecule has 0 unspecified atom stereocenters. The monoisotopic (exact) mass is 340 g/mol. The fourth-order valence-electron chi connectivity index (χ4n) is 2.68. The van der Waals surface area contributed by atoms with Crippen molar-refractivity contribution < 1.29 is 9.59 Å². The molecular weight excluding hydrogens is 320 g/mol. The Kier molecular flexibility index (Phi) is 5.54. The number of amides is 2. The molecule has 0 radical (unpaired) electrons. The third-order valence-electron chi connectivity index (χ3n) is 3.99. The standard InChI is InChI=1S/C19H20N2O2S/c22-18(13-20-15-24-14-19(20)23)21(17-9-5-2-6-10-17)12-11-16-7-3-1-4-8-16/h1-10H,11-15H2. The normalized spacial score (nSPS) is 14.0. The lowest BCUT2D eigenvalue weighted by Gasteiger charge is -2.25. The molecule has 0 atom stereocenters. The van der Waals surface area contributed by atoms with Crippen molar-refractivity contribution in [2.75, 3.05) is 29.6 Å². The minimum Gasteiger partial charge on any atom is -0.323 e. The third-order valence-corrected chi connectivity index (χ3v) is 4.93. The summed E-state index contributed by atoms with van der Waals surface area (Å²) < 4.78 is 0. The van der Waals surface area contributed by atoms with E-state index in [4.69, 9.17) is 0 Å². The summed E-state index contributed by atoms with van der Waals surface area (Å²) in [5.41, 5.74) is 2.07. The molecule has 0 saturated carbocycles. The van der Waals surface area contributed by atoms with Crippen LogP contribution in [0.3, 0.4) is 0 Å². The predicted octanol–water partition coefficient (Wildman–Crippen LogP) is 2.80. The smallest absolute Gasteiger partial charge is 0.246 e. The van der Waals surface area contributed by atoms with Crippen LogP contribution in [0.15, 0.2) is 60.7 Å². The number of hydrogen-bond acceptors (Lipinski definition) is 3. The minimum atomic E-state index is -0.0343. The molecule has 0 bridgehead atoms. The first-order chi connectivity index (χ1) is 11.7. The van der Waals surface area contributed by atoms with Crippen LogP contribution in [0, 0.1) is 0 Å². The quantitative estimate of drug-likeness (QED) is 0.812. The number of hydrogen-bond donors (Lipinski definition) is 0. The predicted molar refractivity (Wildman–Crippen MR) is 98.0 cm³/mol. The van der Waals surface area contributed by atoms with Gasteiger partial charge in [-0.2, -0.15) is 0 Å². The first kappa shape index (κ1) is 16.6. The largest absolute Gasteiger partial charge is 0.323 e. The van der Waals surface area contributed by atoms with Crippen LogP contribution in [0.1, 0.15) is 5.56 Å². The second-order valence-electron chi connectivity index (χ2n) is 5.69. The second kappa shape index (κ2) is 8.02. The van der Waals surface area contributed by atoms with Gasteiger partial charge in [-0.3, -0.25) is 9.59 Å². The van der Waals surface area contributed by atoms with E-state index in [1.807, 2.05) is 48.5 Å². The number of carbonyl (C=O) groups is 2. The van der Waals surface area contributed by atoms with Crippen molar-refractivity contribution in [1.82, 2.24) is 4.90 Å². The van der Waals surface area contributed by atoms with E-state index >= 15 is 0 Å². The zero-order valence-corrected chi connectivity index (χ0v) is 14.2. The molecule has 0 spiro atoms. The van der Waals surface area contributed by atoms with E-state index in [0.29, 0.717) is 18.2 Å². The molecular formula is C19H20N2O2S. The van der Waals surface area contributed by atoms with Gasteiger partial charge in [-0.1, -0.05) is 48.5 Å². The fraction of sp³-hybridized carbons (Fsp3) is 0.263. The molecule has 1 heterocycles. The third kappa shape index (κ3) is 4.17. The highest BCUT2D eigenvalue weighted by Crippen LogP contribution is 2.18. The van der Waals surface area contributed by atoms with Gasteiger partial charge in [0.05, 0.1) is 11.6 Å². The van der Waals surface area contributed by atoms with E-state index in [2.05, 4.69) is 12.1 Å². The molecule has 2 amide bonds. The Bertz CT molecular complexity index is 691. The zero-order valence-electron chi connectivity index (χ0n) is 13.4. The number of benzene rings is 2. The molecule has 2 aromatic rings. The van der Waals surface area contributed by atoms with E-state index in [9.17, 15) is 9.59 Å². The van der Waals surface area contributed by atoms with Crippen molar-refractivity contribution in [1.29, 1.82) is 0 Å². The Morgan fingerprint density at radius 2 is 1.71 bits per heavy atom. The van der Waals surface area contributed by atoms with Crippen LogP contribution < -0.4 is 4.90 Å². The van der Waals surface area contributed by atoms with Crippen LogP contribution >= 0.6 is 11.8 Å². The number of anilines is 1. The van der Waals surface area contributed by atoms with Gasteiger partial charge in [0.2, 0.25) is 11.8 Å². The number of carbonyl (C=O) groups excluding carboxylic acids is 2. The summed E-state index contributed by atoms with van der Waals surface area (Å²) in [6, 6.07) is 19.8. The van der Waals surface area contributed by atoms with Crippen molar-refractivity contribution in [2.45, 2.75) is 6.42 Å². The summed E-state index contributed by atoms with van der Waals surface area (Å²) in [6.45, 7) is 0.748. The van der Waals surface area contributed by atoms with Crippen LogP contribution in [0.25, 0.3) is 0 Å². The van der Waals surface area contributed by atoms with Crippen LogP contribution in [0.2, 0.25) is 0 Å². The van der Waals surface area contributed by atoms with Crippen molar-refractivity contribution in [3.05, 3.63) is 66.2 Å². The molecule has 1 fully saturated rings. The van der Waals surface area contributed by atoms with Crippen molar-refractivity contribution in [3.8, 4) is 0 Å². The highest BCUT2D eigenvalue weighted by Gasteiger charge is 2.25. The highest BCUT2D eigenvalue weighted by molar-refractivity contribution is 8.00. The SMILES string of the molecule is O=C1CSCN1CC(=O)N(CCc1ccccc1)c1ccccc1. The summed E-state index contributed by atoms with van der Waals surface area (Å²) in [5.74, 6) is 1.09. The van der Waals surface area contributed by atoms with Gasteiger partial charge in [-0.15, -0.1) is 11.8 Å². The summed E-state index contributed by atoms with van der Waals surface area (Å²) in [4.78, 5) is 28.0. The first-order valence-corrected chi connectivity index (χ1v) is 9.14. The van der Waals surface area contributed by atoms with Gasteiger partial charge in [-0.25, -0.2) is 0 Å². The van der Waals surface area contributed by atoms with Crippen LogP contribution in [0.4, 0.5) is 5.69 Å². The Morgan fingerprint density at radius 1 is 1.04 bits per heavy atom. The molecule has 0 aromatic heterocycles. The van der Waals surface area contributed by atoms with Gasteiger partial charge in [-0.05, 0) is 24.1 Å². The summed E-state index contributed by atoms with van der Waals surface area (Å²) in [6.07, 6.45) is 0.782. The summed E-state index contributed by atoms with van der Waals surface area (Å²) in [7, 11) is 0. The molecule has 5 heteroatoms. The maximum absolute atomic E-state index is 12.8. The first-order valence-electron chi connectivity index (χ1n) is 7.99. The highest BCUT2D eigenvalue weighted by atomic mass is 32.2. The lowest BCUT2D eigenvalue weighted by Crippen LogP contribution is -2.42. The number of thioether (sulfide) groups is 1. The van der Waals surface area contributed by atoms with E-state index in [-0.39, 0.29) is 18.4 Å². The average Bonchev–Trinajstić information content (AvgIpc) is 3.02. The number of rotatable bonds is 6. The van der Waals surface area contributed by atoms with Crippen molar-refractivity contribution in [3.63, 3.8) is 0 Å². The maximum atomic E-state index is 12.8. The summed E-state index contributed by atoms with van der Waals surface area (Å²) >= 11 is 1.56. The van der Waals surface area contributed by atoms with E-state index < -0.39 is 0 Å². The fourth-order valence-corrected chi connectivity index (χ4v) is 3.58. The maximum Gasteiger partial charge on any atom is 0.246 e. The van der Waals surface area contributed by atoms with Crippen LogP contribution in [0.5, 0.6) is 0 Å². The van der Waals surface area contributed by atoms with E-state index in [1.165, 1.54) is 5.56 Å². The van der Waals surface area contributed by atoms with Gasteiger partial charge >= 0.3 is 0 Å².